The van der Waals surface area contributed by atoms with Crippen molar-refractivity contribution < 1.29 is 23.8 Å². The van der Waals surface area contributed by atoms with Crippen molar-refractivity contribution in [3.63, 3.8) is 0 Å². The van der Waals surface area contributed by atoms with Gasteiger partial charge in [-0.05, 0) is 53.1 Å². The Balaban J connectivity index is 1.33. The summed E-state index contributed by atoms with van der Waals surface area (Å²) >= 11 is 5.93. The second-order valence-electron chi connectivity index (χ2n) is 9.78. The minimum absolute atomic E-state index is 0.0500. The van der Waals surface area contributed by atoms with E-state index in [9.17, 15) is 19.1 Å². The molecule has 1 saturated heterocycles. The summed E-state index contributed by atoms with van der Waals surface area (Å²) in [5.74, 6) is -1.11. The monoisotopic (exact) mass is 687 g/mol. The second-order valence-corrected chi connectivity index (χ2v) is 12.9. The van der Waals surface area contributed by atoms with Crippen LogP contribution >= 0.6 is 39.0 Å². The summed E-state index contributed by atoms with van der Waals surface area (Å²) in [4.78, 5) is 28.3. The number of halogens is 2. The highest BCUT2D eigenvalue weighted by atomic mass is 79.9. The smallest absolute Gasteiger partial charge is 0.301 e. The Bertz CT molecular complexity index is 1830. The number of anilines is 1. The number of aliphatic hydroxyl groups excluding tert-OH is 1. The third-order valence-electron chi connectivity index (χ3n) is 6.88. The van der Waals surface area contributed by atoms with E-state index in [1.54, 1.807) is 60.7 Å². The highest BCUT2D eigenvalue weighted by Crippen LogP contribution is 2.44. The topological polar surface area (TPSA) is 92.6 Å². The summed E-state index contributed by atoms with van der Waals surface area (Å²) in [5, 5.41) is 20.1. The first-order valence-electron chi connectivity index (χ1n) is 13.4. The maximum Gasteiger partial charge on any atom is 0.301 e. The molecule has 220 valence electrons. The Morgan fingerprint density at radius 2 is 1.61 bits per heavy atom. The Kier molecular flexibility index (Phi) is 8.87. The zero-order chi connectivity index (χ0) is 30.6. The lowest BCUT2D eigenvalue weighted by molar-refractivity contribution is -0.132. The lowest BCUT2D eigenvalue weighted by atomic mass is 9.95. The molecule has 1 amide bonds. The van der Waals surface area contributed by atoms with Gasteiger partial charge in [0.15, 0.2) is 4.34 Å². The molecule has 2 heterocycles. The fourth-order valence-corrected chi connectivity index (χ4v) is 6.77. The Labute approximate surface area is 269 Å². The molecule has 4 aromatic carbocycles. The van der Waals surface area contributed by atoms with E-state index in [4.69, 9.17) is 4.74 Å². The largest absolute Gasteiger partial charge is 0.507 e. The number of rotatable bonds is 9. The van der Waals surface area contributed by atoms with Crippen molar-refractivity contribution in [3.8, 4) is 5.75 Å². The molecule has 6 rings (SSSR count). The van der Waals surface area contributed by atoms with Crippen LogP contribution < -0.4 is 9.64 Å². The first-order chi connectivity index (χ1) is 21.4. The van der Waals surface area contributed by atoms with Gasteiger partial charge in [-0.2, -0.15) is 0 Å². The number of amides is 1. The average Bonchev–Trinajstić information content (AvgIpc) is 3.62. The quantitative estimate of drug-likeness (QED) is 0.0553. The minimum atomic E-state index is -0.954. The molecule has 5 aromatic rings. The van der Waals surface area contributed by atoms with Gasteiger partial charge in [0.1, 0.15) is 23.9 Å². The van der Waals surface area contributed by atoms with Crippen molar-refractivity contribution in [2.75, 3.05) is 4.90 Å². The van der Waals surface area contributed by atoms with Crippen LogP contribution in [-0.2, 0) is 21.9 Å². The van der Waals surface area contributed by atoms with Crippen LogP contribution in [0.2, 0.25) is 0 Å². The van der Waals surface area contributed by atoms with Crippen molar-refractivity contribution in [3.05, 3.63) is 141 Å². The standard InChI is InChI=1S/C33H23BrFN3O4S2/c34-24-12-8-23(9-13-24)29(39)27-28(22-10-16-26(17-11-22)42-18-20-4-2-1-3-5-20)38(31(41)30(27)40)32-36-37-33(44-32)43-19-21-6-14-25(35)15-7-21/h1-17,28,39H,18-19H2/b29-27-. The van der Waals surface area contributed by atoms with Gasteiger partial charge >= 0.3 is 5.91 Å². The maximum absolute atomic E-state index is 13.5. The number of carbonyl (C=O) groups is 2. The zero-order valence-electron chi connectivity index (χ0n) is 22.9. The number of aliphatic hydroxyl groups is 1. The molecular formula is C33H23BrFN3O4S2. The van der Waals surface area contributed by atoms with Crippen LogP contribution in [0.25, 0.3) is 5.76 Å². The normalized spacial score (nSPS) is 16.0. The number of benzene rings is 4. The number of hydrogen-bond acceptors (Lipinski definition) is 8. The van der Waals surface area contributed by atoms with Crippen molar-refractivity contribution in [1.82, 2.24) is 10.2 Å². The first kappa shape index (κ1) is 29.7. The summed E-state index contributed by atoms with van der Waals surface area (Å²) in [6.45, 7) is 0.380. The van der Waals surface area contributed by atoms with E-state index >= 15 is 0 Å². The molecule has 0 saturated carbocycles. The van der Waals surface area contributed by atoms with E-state index in [1.165, 1.54) is 28.8 Å². The van der Waals surface area contributed by atoms with Gasteiger partial charge in [0.05, 0.1) is 11.6 Å². The molecule has 0 bridgehead atoms. The number of nitrogens with zero attached hydrogens (tertiary/aromatic N) is 3. The lowest BCUT2D eigenvalue weighted by Crippen LogP contribution is -2.29. The molecule has 1 aromatic heterocycles. The number of ketones is 1. The number of aromatic nitrogens is 2. The number of thioether (sulfide) groups is 1. The van der Waals surface area contributed by atoms with E-state index in [0.29, 0.717) is 33.6 Å². The van der Waals surface area contributed by atoms with Gasteiger partial charge < -0.3 is 9.84 Å². The van der Waals surface area contributed by atoms with Gasteiger partial charge in [-0.1, -0.05) is 106 Å². The highest BCUT2D eigenvalue weighted by molar-refractivity contribution is 9.10. The van der Waals surface area contributed by atoms with Gasteiger partial charge in [-0.3, -0.25) is 14.5 Å². The van der Waals surface area contributed by atoms with E-state index in [2.05, 4.69) is 26.1 Å². The van der Waals surface area contributed by atoms with E-state index in [0.717, 1.165) is 26.9 Å². The third kappa shape index (κ3) is 6.45. The van der Waals surface area contributed by atoms with E-state index < -0.39 is 17.7 Å². The van der Waals surface area contributed by atoms with Crippen molar-refractivity contribution >= 4 is 61.6 Å². The minimum Gasteiger partial charge on any atom is -0.507 e. The predicted octanol–water partition coefficient (Wildman–Crippen LogP) is 7.94. The van der Waals surface area contributed by atoms with Crippen molar-refractivity contribution in [2.24, 2.45) is 0 Å². The number of hydrogen-bond donors (Lipinski definition) is 1. The van der Waals surface area contributed by atoms with Crippen molar-refractivity contribution in [2.45, 2.75) is 22.7 Å². The maximum atomic E-state index is 13.5. The molecule has 1 atom stereocenters. The zero-order valence-corrected chi connectivity index (χ0v) is 26.1. The third-order valence-corrected chi connectivity index (χ3v) is 9.54. The fraction of sp³-hybridized carbons (Fsp3) is 0.0909. The van der Waals surface area contributed by atoms with Crippen LogP contribution in [-0.4, -0.2) is 27.0 Å². The summed E-state index contributed by atoms with van der Waals surface area (Å²) in [7, 11) is 0. The molecule has 0 radical (unpaired) electrons. The van der Waals surface area contributed by atoms with Gasteiger partial charge in [-0.25, -0.2) is 4.39 Å². The van der Waals surface area contributed by atoms with Crippen LogP contribution in [0.1, 0.15) is 28.3 Å². The van der Waals surface area contributed by atoms with E-state index in [1.807, 2.05) is 30.3 Å². The van der Waals surface area contributed by atoms with E-state index in [-0.39, 0.29) is 22.3 Å². The van der Waals surface area contributed by atoms with Crippen LogP contribution in [0.4, 0.5) is 9.52 Å². The first-order valence-corrected chi connectivity index (χ1v) is 16.0. The molecule has 1 unspecified atom stereocenters. The van der Waals surface area contributed by atoms with Gasteiger partial charge in [0.2, 0.25) is 5.13 Å². The molecular weight excluding hydrogens is 665 g/mol. The van der Waals surface area contributed by atoms with Crippen LogP contribution in [0.3, 0.4) is 0 Å². The average molecular weight is 689 g/mol. The van der Waals surface area contributed by atoms with Gasteiger partial charge in [-0.15, -0.1) is 10.2 Å². The summed E-state index contributed by atoms with van der Waals surface area (Å²) < 4.78 is 20.6. The molecule has 1 fully saturated rings. The Hall–Kier alpha value is -4.32. The van der Waals surface area contributed by atoms with Gasteiger partial charge in [0.25, 0.3) is 5.78 Å². The molecule has 0 spiro atoms. The Morgan fingerprint density at radius 3 is 2.32 bits per heavy atom. The second kappa shape index (κ2) is 13.1. The van der Waals surface area contributed by atoms with Crippen LogP contribution in [0.5, 0.6) is 5.75 Å². The van der Waals surface area contributed by atoms with Crippen molar-refractivity contribution in [1.29, 1.82) is 0 Å². The molecule has 7 nitrogen and oxygen atoms in total. The summed E-state index contributed by atoms with van der Waals surface area (Å²) in [5.41, 5.74) is 2.85. The SMILES string of the molecule is O=C1C(=O)N(c2nnc(SCc3ccc(F)cc3)s2)C(c2ccc(OCc3ccccc3)cc2)/C1=C(/O)c1ccc(Br)cc1. The summed E-state index contributed by atoms with van der Waals surface area (Å²) in [6.07, 6.45) is 0. The van der Waals surface area contributed by atoms with Crippen LogP contribution in [0.15, 0.2) is 118 Å². The Morgan fingerprint density at radius 1 is 0.909 bits per heavy atom. The lowest BCUT2D eigenvalue weighted by Gasteiger charge is -2.22. The number of ether oxygens (including phenoxy) is 1. The molecule has 0 aliphatic carbocycles. The molecule has 1 N–H and O–H groups in total. The van der Waals surface area contributed by atoms with Crippen LogP contribution in [0, 0.1) is 5.82 Å². The highest BCUT2D eigenvalue weighted by Gasteiger charge is 2.48. The molecule has 44 heavy (non-hydrogen) atoms. The fourth-order valence-electron chi connectivity index (χ4n) is 4.68. The molecule has 1 aliphatic heterocycles. The molecule has 11 heteroatoms. The summed E-state index contributed by atoms with van der Waals surface area (Å²) in [6, 6.07) is 28.9. The predicted molar refractivity (Wildman–Crippen MR) is 172 cm³/mol. The molecule has 1 aliphatic rings. The number of Topliss-reactive ketones (excluding diaryl/α,β-unsaturated/α-hetero) is 1. The van der Waals surface area contributed by atoms with Gasteiger partial charge in [0, 0.05) is 15.8 Å². The number of carbonyl (C=O) groups excluding carboxylic acids is 2.